The first-order valence-corrected chi connectivity index (χ1v) is 5.42. The maximum absolute atomic E-state index is 5.43. The zero-order chi connectivity index (χ0) is 10.3. The van der Waals surface area contributed by atoms with Gasteiger partial charge in [-0.1, -0.05) is 20.3 Å². The Bertz CT molecular complexity index is 115. The first-order valence-electron chi connectivity index (χ1n) is 5.42. The molecule has 13 heavy (non-hydrogen) atoms. The molecule has 0 radical (unpaired) electrons. The van der Waals surface area contributed by atoms with Gasteiger partial charge < -0.3 is 4.74 Å². The Labute approximate surface area is 83.3 Å². The highest BCUT2D eigenvalue weighted by Gasteiger charge is 2.13. The summed E-state index contributed by atoms with van der Waals surface area (Å²) in [5.74, 6) is 0. The SMILES string of the molecule is CCCC(CN(CC)C(C)C)OC. The van der Waals surface area contributed by atoms with Crippen molar-refractivity contribution in [1.82, 2.24) is 4.90 Å². The second kappa shape index (κ2) is 7.34. The number of nitrogens with zero attached hydrogens (tertiary/aromatic N) is 1. The van der Waals surface area contributed by atoms with Gasteiger partial charge in [0, 0.05) is 19.7 Å². The molecule has 0 N–H and O–H groups in total. The van der Waals surface area contributed by atoms with Gasteiger partial charge in [-0.15, -0.1) is 0 Å². The van der Waals surface area contributed by atoms with Crippen LogP contribution >= 0.6 is 0 Å². The van der Waals surface area contributed by atoms with Crippen molar-refractivity contribution in [3.63, 3.8) is 0 Å². The third-order valence-electron chi connectivity index (χ3n) is 2.52. The first kappa shape index (κ1) is 12.9. The molecule has 0 heterocycles. The van der Waals surface area contributed by atoms with Gasteiger partial charge in [-0.3, -0.25) is 4.90 Å². The predicted octanol–water partition coefficient (Wildman–Crippen LogP) is 2.53. The van der Waals surface area contributed by atoms with Crippen molar-refractivity contribution in [2.45, 2.75) is 52.7 Å². The van der Waals surface area contributed by atoms with Gasteiger partial charge in [-0.05, 0) is 26.8 Å². The molecular formula is C11H25NO. The summed E-state index contributed by atoms with van der Waals surface area (Å²) in [7, 11) is 1.81. The van der Waals surface area contributed by atoms with Crippen LogP contribution in [0.2, 0.25) is 0 Å². The van der Waals surface area contributed by atoms with E-state index < -0.39 is 0 Å². The molecular weight excluding hydrogens is 162 g/mol. The van der Waals surface area contributed by atoms with Crippen LogP contribution in [-0.4, -0.2) is 37.2 Å². The number of likely N-dealkylation sites (N-methyl/N-ethyl adjacent to an activating group) is 1. The zero-order valence-corrected chi connectivity index (χ0v) is 9.84. The van der Waals surface area contributed by atoms with Crippen molar-refractivity contribution in [3.05, 3.63) is 0 Å². The molecule has 2 heteroatoms. The fraction of sp³-hybridized carbons (Fsp3) is 1.00. The Morgan fingerprint density at radius 1 is 1.23 bits per heavy atom. The van der Waals surface area contributed by atoms with Gasteiger partial charge in [0.2, 0.25) is 0 Å². The summed E-state index contributed by atoms with van der Waals surface area (Å²) in [5, 5.41) is 0. The second-order valence-electron chi connectivity index (χ2n) is 3.83. The molecule has 0 saturated carbocycles. The topological polar surface area (TPSA) is 12.5 Å². The molecule has 0 fully saturated rings. The van der Waals surface area contributed by atoms with Gasteiger partial charge in [0.05, 0.1) is 6.10 Å². The summed E-state index contributed by atoms with van der Waals surface area (Å²) in [6.45, 7) is 11.1. The monoisotopic (exact) mass is 187 g/mol. The molecule has 0 amide bonds. The Kier molecular flexibility index (Phi) is 7.29. The van der Waals surface area contributed by atoms with Crippen LogP contribution in [0.1, 0.15) is 40.5 Å². The third kappa shape index (κ3) is 5.27. The van der Waals surface area contributed by atoms with E-state index in [4.69, 9.17) is 4.74 Å². The Morgan fingerprint density at radius 3 is 2.15 bits per heavy atom. The van der Waals surface area contributed by atoms with E-state index in [1.54, 1.807) is 0 Å². The average Bonchev–Trinajstić information content (AvgIpc) is 2.11. The van der Waals surface area contributed by atoms with Crippen LogP contribution in [-0.2, 0) is 4.74 Å². The van der Waals surface area contributed by atoms with E-state index >= 15 is 0 Å². The average molecular weight is 187 g/mol. The molecule has 1 atom stereocenters. The molecule has 0 aromatic carbocycles. The molecule has 0 aromatic rings. The number of methoxy groups -OCH3 is 1. The summed E-state index contributed by atoms with van der Waals surface area (Å²) >= 11 is 0. The van der Waals surface area contributed by atoms with Crippen LogP contribution in [0.4, 0.5) is 0 Å². The summed E-state index contributed by atoms with van der Waals surface area (Å²) in [5.41, 5.74) is 0. The quantitative estimate of drug-likeness (QED) is 0.607. The Balaban J connectivity index is 3.87. The largest absolute Gasteiger partial charge is 0.380 e. The highest BCUT2D eigenvalue weighted by atomic mass is 16.5. The molecule has 0 bridgehead atoms. The molecule has 0 spiro atoms. The van der Waals surface area contributed by atoms with Crippen LogP contribution in [0.3, 0.4) is 0 Å². The highest BCUT2D eigenvalue weighted by molar-refractivity contribution is 4.67. The van der Waals surface area contributed by atoms with Crippen molar-refractivity contribution in [2.75, 3.05) is 20.2 Å². The van der Waals surface area contributed by atoms with E-state index in [2.05, 4.69) is 32.6 Å². The summed E-state index contributed by atoms with van der Waals surface area (Å²) in [6, 6.07) is 0.625. The Morgan fingerprint density at radius 2 is 1.85 bits per heavy atom. The highest BCUT2D eigenvalue weighted by Crippen LogP contribution is 2.06. The van der Waals surface area contributed by atoms with Gasteiger partial charge >= 0.3 is 0 Å². The molecule has 1 unspecified atom stereocenters. The summed E-state index contributed by atoms with van der Waals surface area (Å²) < 4.78 is 5.43. The fourth-order valence-electron chi connectivity index (χ4n) is 1.57. The van der Waals surface area contributed by atoms with Crippen molar-refractivity contribution < 1.29 is 4.74 Å². The normalized spacial score (nSPS) is 14.1. The van der Waals surface area contributed by atoms with Gasteiger partial charge in [-0.2, -0.15) is 0 Å². The first-order chi connectivity index (χ1) is 6.15. The molecule has 80 valence electrons. The van der Waals surface area contributed by atoms with Gasteiger partial charge in [0.25, 0.3) is 0 Å². The van der Waals surface area contributed by atoms with Crippen LogP contribution in [0.25, 0.3) is 0 Å². The molecule has 0 saturated heterocycles. The maximum atomic E-state index is 5.43. The van der Waals surface area contributed by atoms with E-state index in [-0.39, 0.29) is 0 Å². The molecule has 0 aliphatic rings. The van der Waals surface area contributed by atoms with Crippen molar-refractivity contribution >= 4 is 0 Å². The minimum Gasteiger partial charge on any atom is -0.380 e. The van der Waals surface area contributed by atoms with E-state index in [1.165, 1.54) is 12.8 Å². The molecule has 0 aromatic heterocycles. The van der Waals surface area contributed by atoms with E-state index in [9.17, 15) is 0 Å². The van der Waals surface area contributed by atoms with Crippen molar-refractivity contribution in [3.8, 4) is 0 Å². The lowest BCUT2D eigenvalue weighted by Crippen LogP contribution is -2.38. The van der Waals surface area contributed by atoms with Crippen molar-refractivity contribution in [1.29, 1.82) is 0 Å². The van der Waals surface area contributed by atoms with Crippen LogP contribution in [0.15, 0.2) is 0 Å². The van der Waals surface area contributed by atoms with Gasteiger partial charge in [0.1, 0.15) is 0 Å². The van der Waals surface area contributed by atoms with Crippen molar-refractivity contribution in [2.24, 2.45) is 0 Å². The number of rotatable bonds is 7. The lowest BCUT2D eigenvalue weighted by atomic mass is 10.2. The lowest BCUT2D eigenvalue weighted by Gasteiger charge is -2.28. The van der Waals surface area contributed by atoms with E-state index in [0.717, 1.165) is 13.1 Å². The smallest absolute Gasteiger partial charge is 0.0698 e. The summed E-state index contributed by atoms with van der Waals surface area (Å²) in [4.78, 5) is 2.45. The zero-order valence-electron chi connectivity index (χ0n) is 9.84. The maximum Gasteiger partial charge on any atom is 0.0698 e. The molecule has 0 aliphatic carbocycles. The fourth-order valence-corrected chi connectivity index (χ4v) is 1.57. The number of ether oxygens (including phenoxy) is 1. The van der Waals surface area contributed by atoms with E-state index in [1.807, 2.05) is 7.11 Å². The third-order valence-corrected chi connectivity index (χ3v) is 2.52. The van der Waals surface area contributed by atoms with Crippen LogP contribution < -0.4 is 0 Å². The molecule has 2 nitrogen and oxygen atoms in total. The van der Waals surface area contributed by atoms with Gasteiger partial charge in [-0.25, -0.2) is 0 Å². The van der Waals surface area contributed by atoms with E-state index in [0.29, 0.717) is 12.1 Å². The van der Waals surface area contributed by atoms with Crippen LogP contribution in [0, 0.1) is 0 Å². The second-order valence-corrected chi connectivity index (χ2v) is 3.83. The Hall–Kier alpha value is -0.0800. The standard InChI is InChI=1S/C11H25NO/c1-6-8-11(13-5)9-12(7-2)10(3)4/h10-11H,6-9H2,1-5H3. The summed E-state index contributed by atoms with van der Waals surface area (Å²) in [6.07, 6.45) is 2.78. The number of hydrogen-bond acceptors (Lipinski definition) is 2. The lowest BCUT2D eigenvalue weighted by molar-refractivity contribution is 0.0495. The molecule has 0 rings (SSSR count). The number of hydrogen-bond donors (Lipinski definition) is 0. The predicted molar refractivity (Wildman–Crippen MR) is 58.1 cm³/mol. The van der Waals surface area contributed by atoms with Crippen LogP contribution in [0.5, 0.6) is 0 Å². The molecule has 0 aliphatic heterocycles. The van der Waals surface area contributed by atoms with Gasteiger partial charge in [0.15, 0.2) is 0 Å². The minimum absolute atomic E-state index is 0.410. The minimum atomic E-state index is 0.410.